The highest BCUT2D eigenvalue weighted by molar-refractivity contribution is 5.89. The zero-order valence-corrected chi connectivity index (χ0v) is 13.1. The second-order valence-corrected chi connectivity index (χ2v) is 5.47. The van der Waals surface area contributed by atoms with E-state index in [-0.39, 0.29) is 18.1 Å². The predicted molar refractivity (Wildman–Crippen MR) is 85.7 cm³/mol. The van der Waals surface area contributed by atoms with Crippen molar-refractivity contribution in [1.29, 1.82) is 0 Å². The van der Waals surface area contributed by atoms with Crippen LogP contribution < -0.4 is 15.2 Å². The second-order valence-electron chi connectivity index (χ2n) is 5.47. The number of fused-ring (bicyclic) bond motifs is 1. The second kappa shape index (κ2) is 6.30. The van der Waals surface area contributed by atoms with Gasteiger partial charge in [-0.25, -0.2) is 4.79 Å². The number of nitrogens with two attached hydrogens (primary N) is 1. The molecule has 120 valence electrons. The van der Waals surface area contributed by atoms with Crippen LogP contribution in [0.1, 0.15) is 40.1 Å². The number of hydrogen-bond donors (Lipinski definition) is 1. The quantitative estimate of drug-likeness (QED) is 0.882. The van der Waals surface area contributed by atoms with Crippen LogP contribution in [-0.4, -0.2) is 20.2 Å². The summed E-state index contributed by atoms with van der Waals surface area (Å²) < 4.78 is 16.0. The molecule has 0 unspecified atom stereocenters. The SMILES string of the molecule is COC(=O)c1ccc([C@H]2C[C@@H](N)c3ccc(OC)cc3O2)cc1. The molecule has 0 aliphatic carbocycles. The standard InChI is InChI=1S/C18H19NO4/c1-21-13-7-8-14-15(19)10-16(23-17(14)9-13)11-3-5-12(6-4-11)18(20)22-2/h3-9,15-16H,10,19H2,1-2H3/t15-,16-/m1/s1. The maximum Gasteiger partial charge on any atom is 0.337 e. The summed E-state index contributed by atoms with van der Waals surface area (Å²) in [7, 11) is 2.98. The van der Waals surface area contributed by atoms with Gasteiger partial charge in [-0.05, 0) is 23.8 Å². The molecule has 5 heteroatoms. The summed E-state index contributed by atoms with van der Waals surface area (Å²) in [5.41, 5.74) is 8.74. The molecule has 0 saturated heterocycles. The van der Waals surface area contributed by atoms with E-state index in [2.05, 4.69) is 0 Å². The molecule has 2 aromatic rings. The highest BCUT2D eigenvalue weighted by Gasteiger charge is 2.27. The third-order valence-corrected chi connectivity index (χ3v) is 4.06. The van der Waals surface area contributed by atoms with Gasteiger partial charge in [0.25, 0.3) is 0 Å². The van der Waals surface area contributed by atoms with E-state index in [0.29, 0.717) is 12.0 Å². The van der Waals surface area contributed by atoms with Crippen LogP contribution in [0, 0.1) is 0 Å². The lowest BCUT2D eigenvalue weighted by molar-refractivity contribution is 0.0600. The van der Waals surface area contributed by atoms with Gasteiger partial charge < -0.3 is 19.9 Å². The van der Waals surface area contributed by atoms with Crippen molar-refractivity contribution in [3.63, 3.8) is 0 Å². The molecule has 3 rings (SSSR count). The molecule has 23 heavy (non-hydrogen) atoms. The van der Waals surface area contributed by atoms with Gasteiger partial charge in [0.05, 0.1) is 19.8 Å². The Balaban J connectivity index is 1.85. The van der Waals surface area contributed by atoms with Crippen LogP contribution in [0.15, 0.2) is 42.5 Å². The Bertz CT molecular complexity index is 711. The molecule has 0 radical (unpaired) electrons. The summed E-state index contributed by atoms with van der Waals surface area (Å²) in [6, 6.07) is 12.8. The number of methoxy groups -OCH3 is 2. The molecular formula is C18H19NO4. The van der Waals surface area contributed by atoms with Crippen molar-refractivity contribution >= 4 is 5.97 Å². The molecule has 1 aliphatic heterocycles. The van der Waals surface area contributed by atoms with E-state index in [4.69, 9.17) is 19.9 Å². The Hall–Kier alpha value is -2.53. The maximum atomic E-state index is 11.5. The van der Waals surface area contributed by atoms with E-state index in [0.717, 1.165) is 22.6 Å². The minimum atomic E-state index is -0.354. The number of rotatable bonds is 3. The molecule has 2 atom stereocenters. The number of hydrogen-bond acceptors (Lipinski definition) is 5. The summed E-state index contributed by atoms with van der Waals surface area (Å²) in [4.78, 5) is 11.5. The fourth-order valence-electron chi connectivity index (χ4n) is 2.76. The van der Waals surface area contributed by atoms with Crippen LogP contribution in [0.3, 0.4) is 0 Å². The Kier molecular flexibility index (Phi) is 4.21. The average Bonchev–Trinajstić information content (AvgIpc) is 2.60. The average molecular weight is 313 g/mol. The van der Waals surface area contributed by atoms with Gasteiger partial charge in [-0.1, -0.05) is 18.2 Å². The first-order valence-corrected chi connectivity index (χ1v) is 7.41. The predicted octanol–water partition coefficient (Wildman–Crippen LogP) is 3.01. The monoisotopic (exact) mass is 313 g/mol. The van der Waals surface area contributed by atoms with Crippen LogP contribution in [-0.2, 0) is 4.74 Å². The van der Waals surface area contributed by atoms with Crippen molar-refractivity contribution in [3.8, 4) is 11.5 Å². The fourth-order valence-corrected chi connectivity index (χ4v) is 2.76. The first-order chi connectivity index (χ1) is 11.1. The molecule has 2 N–H and O–H groups in total. The molecule has 2 aromatic carbocycles. The van der Waals surface area contributed by atoms with Crippen LogP contribution in [0.5, 0.6) is 11.5 Å². The normalized spacial score (nSPS) is 19.4. The van der Waals surface area contributed by atoms with Crippen LogP contribution in [0.2, 0.25) is 0 Å². The topological polar surface area (TPSA) is 70.8 Å². The van der Waals surface area contributed by atoms with Crippen molar-refractivity contribution in [1.82, 2.24) is 0 Å². The van der Waals surface area contributed by atoms with Crippen LogP contribution >= 0.6 is 0 Å². The summed E-state index contributed by atoms with van der Waals surface area (Å²) in [5.74, 6) is 1.12. The Morgan fingerprint density at radius 3 is 2.57 bits per heavy atom. The summed E-state index contributed by atoms with van der Waals surface area (Å²) in [5, 5.41) is 0. The van der Waals surface area contributed by atoms with E-state index >= 15 is 0 Å². The number of benzene rings is 2. The summed E-state index contributed by atoms with van der Waals surface area (Å²) in [6.07, 6.45) is 0.521. The number of ether oxygens (including phenoxy) is 3. The number of carbonyl (C=O) groups is 1. The molecule has 0 spiro atoms. The van der Waals surface area contributed by atoms with Gasteiger partial charge in [0.15, 0.2) is 0 Å². The van der Waals surface area contributed by atoms with Crippen molar-refractivity contribution in [3.05, 3.63) is 59.2 Å². The van der Waals surface area contributed by atoms with Crippen molar-refractivity contribution in [2.75, 3.05) is 14.2 Å². The van der Waals surface area contributed by atoms with Crippen LogP contribution in [0.25, 0.3) is 0 Å². The van der Waals surface area contributed by atoms with Gasteiger partial charge in [-0.15, -0.1) is 0 Å². The zero-order chi connectivity index (χ0) is 16.4. The van der Waals surface area contributed by atoms with Gasteiger partial charge in [-0.3, -0.25) is 0 Å². The highest BCUT2D eigenvalue weighted by atomic mass is 16.5. The molecule has 0 amide bonds. The largest absolute Gasteiger partial charge is 0.497 e. The summed E-state index contributed by atoms with van der Waals surface area (Å²) in [6.45, 7) is 0. The lowest BCUT2D eigenvalue weighted by Crippen LogP contribution is -2.24. The van der Waals surface area contributed by atoms with Gasteiger partial charge >= 0.3 is 5.97 Å². The zero-order valence-electron chi connectivity index (χ0n) is 13.1. The molecule has 1 aliphatic rings. The first kappa shape index (κ1) is 15.4. The molecule has 0 saturated carbocycles. The molecule has 0 bridgehead atoms. The van der Waals surface area contributed by atoms with E-state index in [1.807, 2.05) is 30.3 Å². The third-order valence-electron chi connectivity index (χ3n) is 4.06. The lowest BCUT2D eigenvalue weighted by Gasteiger charge is -2.30. The maximum absolute atomic E-state index is 11.5. The van der Waals surface area contributed by atoms with Crippen molar-refractivity contribution < 1.29 is 19.0 Å². The molecule has 0 fully saturated rings. The Morgan fingerprint density at radius 2 is 1.91 bits per heavy atom. The van der Waals surface area contributed by atoms with Crippen molar-refractivity contribution in [2.24, 2.45) is 5.73 Å². The van der Waals surface area contributed by atoms with Gasteiger partial charge in [0.1, 0.15) is 17.6 Å². The Labute approximate surface area is 135 Å². The lowest BCUT2D eigenvalue weighted by atomic mass is 9.93. The molecule has 0 aromatic heterocycles. The number of carbonyl (C=O) groups excluding carboxylic acids is 1. The minimum Gasteiger partial charge on any atom is -0.497 e. The smallest absolute Gasteiger partial charge is 0.337 e. The van der Waals surface area contributed by atoms with Gasteiger partial charge in [0.2, 0.25) is 0 Å². The fraction of sp³-hybridized carbons (Fsp3) is 0.278. The van der Waals surface area contributed by atoms with Gasteiger partial charge in [-0.2, -0.15) is 0 Å². The van der Waals surface area contributed by atoms with E-state index in [1.54, 1.807) is 19.2 Å². The number of esters is 1. The van der Waals surface area contributed by atoms with Crippen molar-refractivity contribution in [2.45, 2.75) is 18.6 Å². The van der Waals surface area contributed by atoms with Crippen LogP contribution in [0.4, 0.5) is 0 Å². The van der Waals surface area contributed by atoms with Gasteiger partial charge in [0, 0.05) is 24.1 Å². The van der Waals surface area contributed by atoms with E-state index in [9.17, 15) is 4.79 Å². The highest BCUT2D eigenvalue weighted by Crippen LogP contribution is 2.41. The van der Waals surface area contributed by atoms with E-state index < -0.39 is 0 Å². The molecule has 5 nitrogen and oxygen atoms in total. The summed E-state index contributed by atoms with van der Waals surface area (Å²) >= 11 is 0. The first-order valence-electron chi connectivity index (χ1n) is 7.41. The third kappa shape index (κ3) is 3.00. The molecule has 1 heterocycles. The minimum absolute atomic E-state index is 0.102. The van der Waals surface area contributed by atoms with E-state index in [1.165, 1.54) is 7.11 Å². The molecular weight excluding hydrogens is 294 g/mol. The Morgan fingerprint density at radius 1 is 1.17 bits per heavy atom.